The normalized spacial score (nSPS) is 19.2. The molecule has 1 aromatic heterocycles. The molecule has 1 aliphatic rings. The molecule has 0 aromatic carbocycles. The third-order valence-electron chi connectivity index (χ3n) is 3.06. The second-order valence-corrected chi connectivity index (χ2v) is 6.52. The number of piperidine rings is 1. The molecular weight excluding hydrogens is 292 g/mol. The molecule has 0 N–H and O–H groups in total. The van der Waals surface area contributed by atoms with Gasteiger partial charge in [0.05, 0.1) is 6.54 Å². The summed E-state index contributed by atoms with van der Waals surface area (Å²) in [6.07, 6.45) is 4.58. The molecule has 1 aromatic rings. The van der Waals surface area contributed by atoms with E-state index in [2.05, 4.69) is 4.98 Å². The van der Waals surface area contributed by atoms with Crippen molar-refractivity contribution in [2.45, 2.75) is 45.3 Å². The minimum Gasteiger partial charge on any atom is -0.487 e. The van der Waals surface area contributed by atoms with Gasteiger partial charge in [0.25, 0.3) is 0 Å². The molecule has 21 heavy (non-hydrogen) atoms. The molecule has 2 heterocycles. The molecule has 0 saturated carbocycles. The van der Waals surface area contributed by atoms with Crippen molar-refractivity contribution in [3.8, 4) is 5.75 Å². The smallest absolute Gasteiger partial charge is 0.410 e. The molecule has 0 aliphatic carbocycles. The number of halogens is 1. The van der Waals surface area contributed by atoms with E-state index in [-0.39, 0.29) is 12.2 Å². The first-order valence-corrected chi connectivity index (χ1v) is 7.47. The third kappa shape index (κ3) is 4.77. The summed E-state index contributed by atoms with van der Waals surface area (Å²) in [5.74, 6) is 0.600. The summed E-state index contributed by atoms with van der Waals surface area (Å²) < 4.78 is 11.3. The van der Waals surface area contributed by atoms with Crippen LogP contribution in [-0.4, -0.2) is 40.8 Å². The highest BCUT2D eigenvalue weighted by Crippen LogP contribution is 2.26. The van der Waals surface area contributed by atoms with Gasteiger partial charge in [-0.25, -0.2) is 4.79 Å². The zero-order valence-electron chi connectivity index (χ0n) is 12.6. The van der Waals surface area contributed by atoms with Crippen molar-refractivity contribution < 1.29 is 14.3 Å². The third-order valence-corrected chi connectivity index (χ3v) is 3.34. The van der Waals surface area contributed by atoms with Crippen LogP contribution in [0.1, 0.15) is 33.6 Å². The van der Waals surface area contributed by atoms with Gasteiger partial charge in [-0.05, 0) is 33.6 Å². The van der Waals surface area contributed by atoms with Gasteiger partial charge >= 0.3 is 6.09 Å². The Morgan fingerprint density at radius 1 is 1.48 bits per heavy atom. The number of aromatic nitrogens is 1. The summed E-state index contributed by atoms with van der Waals surface area (Å²) in [4.78, 5) is 17.7. The van der Waals surface area contributed by atoms with Crippen molar-refractivity contribution in [3.63, 3.8) is 0 Å². The molecule has 5 nitrogen and oxygen atoms in total. The Balaban J connectivity index is 1.95. The largest absolute Gasteiger partial charge is 0.487 e. The quantitative estimate of drug-likeness (QED) is 0.838. The number of hydrogen-bond donors (Lipinski definition) is 0. The number of rotatable bonds is 2. The average Bonchev–Trinajstić information content (AvgIpc) is 2.40. The molecule has 0 bridgehead atoms. The molecule has 116 valence electrons. The second-order valence-electron chi connectivity index (χ2n) is 6.11. The fourth-order valence-electron chi connectivity index (χ4n) is 2.16. The number of ether oxygens (including phenoxy) is 2. The van der Waals surface area contributed by atoms with Crippen molar-refractivity contribution in [3.05, 3.63) is 23.5 Å². The average molecular weight is 313 g/mol. The van der Waals surface area contributed by atoms with Crippen LogP contribution in [0.4, 0.5) is 4.79 Å². The van der Waals surface area contributed by atoms with Crippen LogP contribution in [0, 0.1) is 0 Å². The maximum atomic E-state index is 12.1. The van der Waals surface area contributed by atoms with Gasteiger partial charge in [0.1, 0.15) is 22.5 Å². The Morgan fingerprint density at radius 3 is 2.90 bits per heavy atom. The van der Waals surface area contributed by atoms with Crippen LogP contribution < -0.4 is 4.74 Å². The number of carbonyl (C=O) groups is 1. The molecule has 1 saturated heterocycles. The van der Waals surface area contributed by atoms with E-state index in [4.69, 9.17) is 21.1 Å². The molecule has 2 rings (SSSR count). The Hall–Kier alpha value is -1.49. The van der Waals surface area contributed by atoms with E-state index in [1.165, 1.54) is 0 Å². The summed E-state index contributed by atoms with van der Waals surface area (Å²) in [7, 11) is 0. The lowest BCUT2D eigenvalue weighted by Crippen LogP contribution is -2.46. The van der Waals surface area contributed by atoms with Crippen LogP contribution in [0.15, 0.2) is 18.5 Å². The van der Waals surface area contributed by atoms with Gasteiger partial charge in [-0.2, -0.15) is 0 Å². The van der Waals surface area contributed by atoms with E-state index in [9.17, 15) is 4.79 Å². The zero-order chi connectivity index (χ0) is 15.5. The molecular formula is C15H21ClN2O3. The van der Waals surface area contributed by atoms with Crippen LogP contribution in [0.2, 0.25) is 5.02 Å². The number of likely N-dealkylation sites (tertiary alicyclic amines) is 1. The van der Waals surface area contributed by atoms with E-state index in [1.54, 1.807) is 23.4 Å². The maximum absolute atomic E-state index is 12.1. The molecule has 1 amide bonds. The van der Waals surface area contributed by atoms with E-state index in [0.29, 0.717) is 23.9 Å². The Bertz CT molecular complexity index is 502. The summed E-state index contributed by atoms with van der Waals surface area (Å²) in [5, 5.41) is 0.479. The minimum atomic E-state index is -0.487. The fraction of sp³-hybridized carbons (Fsp3) is 0.600. The summed E-state index contributed by atoms with van der Waals surface area (Å²) >= 11 is 6.04. The van der Waals surface area contributed by atoms with Crippen molar-refractivity contribution in [1.82, 2.24) is 9.88 Å². The fourth-order valence-corrected chi connectivity index (χ4v) is 2.33. The first-order valence-electron chi connectivity index (χ1n) is 7.09. The highest BCUT2D eigenvalue weighted by Gasteiger charge is 2.28. The Morgan fingerprint density at radius 2 is 2.24 bits per heavy atom. The number of pyridine rings is 1. The van der Waals surface area contributed by atoms with Crippen molar-refractivity contribution >= 4 is 17.7 Å². The van der Waals surface area contributed by atoms with Crippen LogP contribution in [0.25, 0.3) is 0 Å². The predicted octanol–water partition coefficient (Wildman–Crippen LogP) is 3.51. The van der Waals surface area contributed by atoms with Gasteiger partial charge in [-0.3, -0.25) is 4.98 Å². The molecule has 1 atom stereocenters. The van der Waals surface area contributed by atoms with Gasteiger partial charge < -0.3 is 14.4 Å². The molecule has 0 radical (unpaired) electrons. The highest BCUT2D eigenvalue weighted by atomic mass is 35.5. The van der Waals surface area contributed by atoms with Crippen molar-refractivity contribution in [2.24, 2.45) is 0 Å². The summed E-state index contributed by atoms with van der Waals surface area (Å²) in [6.45, 7) is 6.78. The first-order chi connectivity index (χ1) is 9.85. The second kappa shape index (κ2) is 6.52. The van der Waals surface area contributed by atoms with E-state index in [1.807, 2.05) is 20.8 Å². The number of nitrogens with zero attached hydrogens (tertiary/aromatic N) is 2. The number of hydrogen-bond acceptors (Lipinski definition) is 4. The lowest BCUT2D eigenvalue weighted by Gasteiger charge is -2.34. The van der Waals surface area contributed by atoms with Crippen molar-refractivity contribution in [2.75, 3.05) is 13.1 Å². The molecule has 1 aliphatic heterocycles. The Labute approximate surface area is 130 Å². The molecule has 1 unspecified atom stereocenters. The Kier molecular flexibility index (Phi) is 4.93. The minimum absolute atomic E-state index is 0.0776. The van der Waals surface area contributed by atoms with Gasteiger partial charge in [-0.1, -0.05) is 11.6 Å². The topological polar surface area (TPSA) is 51.7 Å². The summed E-state index contributed by atoms with van der Waals surface area (Å²) in [5.41, 5.74) is -0.487. The van der Waals surface area contributed by atoms with E-state index >= 15 is 0 Å². The first kappa shape index (κ1) is 15.9. The van der Waals surface area contributed by atoms with Gasteiger partial charge in [0.15, 0.2) is 0 Å². The van der Waals surface area contributed by atoms with Gasteiger partial charge in [-0.15, -0.1) is 0 Å². The maximum Gasteiger partial charge on any atom is 0.410 e. The molecule has 1 fully saturated rings. The van der Waals surface area contributed by atoms with Crippen LogP contribution >= 0.6 is 11.6 Å². The standard InChI is InChI=1S/C15H21ClN2O3/c1-15(2,3)21-14(19)18-8-4-5-11(10-18)20-13-6-7-17-9-12(13)16/h6-7,9,11H,4-5,8,10H2,1-3H3. The lowest BCUT2D eigenvalue weighted by molar-refractivity contribution is 0.00777. The van der Waals surface area contributed by atoms with E-state index in [0.717, 1.165) is 12.8 Å². The van der Waals surface area contributed by atoms with E-state index < -0.39 is 5.60 Å². The molecule has 0 spiro atoms. The van der Waals surface area contributed by atoms with Crippen LogP contribution in [-0.2, 0) is 4.74 Å². The molecule has 6 heteroatoms. The highest BCUT2D eigenvalue weighted by molar-refractivity contribution is 6.31. The van der Waals surface area contributed by atoms with Gasteiger partial charge in [0.2, 0.25) is 0 Å². The monoisotopic (exact) mass is 312 g/mol. The summed E-state index contributed by atoms with van der Waals surface area (Å²) in [6, 6.07) is 1.73. The predicted molar refractivity (Wildman–Crippen MR) is 80.7 cm³/mol. The number of amides is 1. The SMILES string of the molecule is CC(C)(C)OC(=O)N1CCCC(Oc2ccncc2Cl)C1. The van der Waals surface area contributed by atoms with Crippen molar-refractivity contribution in [1.29, 1.82) is 0 Å². The van der Waals surface area contributed by atoms with Gasteiger partial charge in [0, 0.05) is 25.0 Å². The van der Waals surface area contributed by atoms with Crippen LogP contribution in [0.5, 0.6) is 5.75 Å². The number of carbonyl (C=O) groups excluding carboxylic acids is 1. The zero-order valence-corrected chi connectivity index (χ0v) is 13.4. The lowest BCUT2D eigenvalue weighted by atomic mass is 10.1. The van der Waals surface area contributed by atoms with Crippen LogP contribution in [0.3, 0.4) is 0 Å².